The Morgan fingerprint density at radius 3 is 2.97 bits per heavy atom. The van der Waals surface area contributed by atoms with Gasteiger partial charge in [0.25, 0.3) is 11.8 Å². The first-order valence-electron chi connectivity index (χ1n) is 10.8. The van der Waals surface area contributed by atoms with Gasteiger partial charge in [0.2, 0.25) is 5.88 Å². The van der Waals surface area contributed by atoms with Crippen molar-refractivity contribution in [3.63, 3.8) is 0 Å². The van der Waals surface area contributed by atoms with Gasteiger partial charge in [-0.1, -0.05) is 5.16 Å². The van der Waals surface area contributed by atoms with E-state index in [2.05, 4.69) is 25.8 Å². The standard InChI is InChI=1S/C22H22N8O6/c1-22(33,21(32)25-12-3-4-14-15(9-12)36-28-19(14)23)18-20(31)29(7-8-35-18)16-5-6-30(27-16)13-10-17(34-2)26-24-11-13/h3-6,9-11,18,33H,7-8H2,1-2H3,(H2,23,28)(H,25,32)/t18-,22+/m0/s1. The number of nitrogens with zero attached hydrogens (tertiary/aromatic N) is 6. The maximum Gasteiger partial charge on any atom is 0.260 e. The van der Waals surface area contributed by atoms with Crippen molar-refractivity contribution in [3.8, 4) is 11.6 Å². The monoisotopic (exact) mass is 494 g/mol. The molecule has 36 heavy (non-hydrogen) atoms. The van der Waals surface area contributed by atoms with E-state index in [-0.39, 0.29) is 19.0 Å². The third-order valence-electron chi connectivity index (χ3n) is 5.76. The van der Waals surface area contributed by atoms with Crippen LogP contribution in [0.15, 0.2) is 47.2 Å². The predicted octanol–water partition coefficient (Wildman–Crippen LogP) is 0.516. The minimum absolute atomic E-state index is 0.0840. The molecule has 0 unspecified atom stereocenters. The lowest BCUT2D eigenvalue weighted by Crippen LogP contribution is -2.61. The van der Waals surface area contributed by atoms with Crippen LogP contribution in [-0.4, -0.2) is 74.0 Å². The van der Waals surface area contributed by atoms with Crippen molar-refractivity contribution >= 4 is 40.1 Å². The van der Waals surface area contributed by atoms with Gasteiger partial charge in [-0.3, -0.25) is 14.5 Å². The van der Waals surface area contributed by atoms with Crippen LogP contribution in [0, 0.1) is 0 Å². The number of aromatic nitrogens is 5. The molecule has 1 aromatic carbocycles. The summed E-state index contributed by atoms with van der Waals surface area (Å²) < 4.78 is 17.2. The number of nitrogens with one attached hydrogen (secondary N) is 1. The van der Waals surface area contributed by atoms with Gasteiger partial charge in [0.15, 0.2) is 28.9 Å². The normalized spacial score (nSPS) is 17.7. The van der Waals surface area contributed by atoms with Gasteiger partial charge < -0.3 is 30.2 Å². The average molecular weight is 494 g/mol. The summed E-state index contributed by atoms with van der Waals surface area (Å²) in [6.45, 7) is 1.49. The molecule has 4 N–H and O–H groups in total. The summed E-state index contributed by atoms with van der Waals surface area (Å²) in [4.78, 5) is 27.6. The summed E-state index contributed by atoms with van der Waals surface area (Å²) in [5.74, 6) is -0.614. The predicted molar refractivity (Wildman–Crippen MR) is 125 cm³/mol. The van der Waals surface area contributed by atoms with Crippen molar-refractivity contribution in [2.75, 3.05) is 36.2 Å². The molecule has 4 heterocycles. The summed E-state index contributed by atoms with van der Waals surface area (Å²) in [6.07, 6.45) is 1.66. The number of fused-ring (bicyclic) bond motifs is 1. The number of amides is 2. The number of carbonyl (C=O) groups is 2. The highest BCUT2D eigenvalue weighted by molar-refractivity contribution is 6.06. The Morgan fingerprint density at radius 1 is 1.33 bits per heavy atom. The number of hydrogen-bond acceptors (Lipinski definition) is 11. The second kappa shape index (κ2) is 8.90. The number of hydrogen-bond donors (Lipinski definition) is 3. The molecule has 1 aliphatic heterocycles. The van der Waals surface area contributed by atoms with E-state index in [1.54, 1.807) is 30.5 Å². The van der Waals surface area contributed by atoms with E-state index >= 15 is 0 Å². The highest BCUT2D eigenvalue weighted by Gasteiger charge is 2.49. The number of anilines is 3. The number of nitrogen functional groups attached to an aromatic ring is 1. The summed E-state index contributed by atoms with van der Waals surface area (Å²) in [7, 11) is 1.47. The maximum atomic E-state index is 13.3. The van der Waals surface area contributed by atoms with Crippen LogP contribution in [-0.2, 0) is 14.3 Å². The minimum atomic E-state index is -2.20. The third-order valence-corrected chi connectivity index (χ3v) is 5.76. The average Bonchev–Trinajstić information content (AvgIpc) is 3.51. The van der Waals surface area contributed by atoms with Crippen LogP contribution in [0.5, 0.6) is 5.88 Å². The van der Waals surface area contributed by atoms with Gasteiger partial charge >= 0.3 is 0 Å². The van der Waals surface area contributed by atoms with Crippen LogP contribution in [0.4, 0.5) is 17.3 Å². The maximum absolute atomic E-state index is 13.3. The molecule has 0 bridgehead atoms. The van der Waals surface area contributed by atoms with E-state index in [1.807, 2.05) is 0 Å². The number of morpholine rings is 1. The van der Waals surface area contributed by atoms with Crippen LogP contribution < -0.4 is 20.7 Å². The SMILES string of the molecule is COc1cc(-n2ccc(N3CCO[C@H]([C@@](C)(O)C(=O)Nc4ccc5c(N)noc5c4)C3=O)n2)cnn1. The highest BCUT2D eigenvalue weighted by Crippen LogP contribution is 2.27. The number of nitrogens with two attached hydrogens (primary N) is 1. The quantitative estimate of drug-likeness (QED) is 0.339. The molecule has 4 aromatic rings. The Morgan fingerprint density at radius 2 is 2.17 bits per heavy atom. The molecule has 1 saturated heterocycles. The van der Waals surface area contributed by atoms with E-state index in [9.17, 15) is 14.7 Å². The Labute approximate surface area is 203 Å². The molecule has 0 saturated carbocycles. The van der Waals surface area contributed by atoms with Crippen LogP contribution >= 0.6 is 0 Å². The molecule has 14 nitrogen and oxygen atoms in total. The number of methoxy groups -OCH3 is 1. The Kier molecular flexibility index (Phi) is 5.74. The molecular weight excluding hydrogens is 472 g/mol. The van der Waals surface area contributed by atoms with Gasteiger partial charge in [-0.2, -0.15) is 5.10 Å². The van der Waals surface area contributed by atoms with Gasteiger partial charge in [0, 0.05) is 30.1 Å². The molecule has 3 aromatic heterocycles. The fraction of sp³-hybridized carbons (Fsp3) is 0.273. The first-order chi connectivity index (χ1) is 17.3. The second-order valence-corrected chi connectivity index (χ2v) is 8.20. The fourth-order valence-corrected chi connectivity index (χ4v) is 3.79. The zero-order chi connectivity index (χ0) is 25.4. The molecule has 0 radical (unpaired) electrons. The molecule has 14 heteroatoms. The Hall–Kier alpha value is -4.56. The summed E-state index contributed by atoms with van der Waals surface area (Å²) in [5.41, 5.74) is 4.77. The number of rotatable bonds is 6. The molecule has 2 atom stereocenters. The fourth-order valence-electron chi connectivity index (χ4n) is 3.79. The Balaban J connectivity index is 1.33. The lowest BCUT2D eigenvalue weighted by molar-refractivity contribution is -0.165. The third kappa shape index (κ3) is 4.08. The molecule has 5 rings (SSSR count). The minimum Gasteiger partial charge on any atom is -0.480 e. The van der Waals surface area contributed by atoms with E-state index in [4.69, 9.17) is 19.7 Å². The van der Waals surface area contributed by atoms with Gasteiger partial charge in [-0.15, -0.1) is 10.2 Å². The van der Waals surface area contributed by atoms with Crippen molar-refractivity contribution in [2.45, 2.75) is 18.6 Å². The van der Waals surface area contributed by atoms with Gasteiger partial charge in [-0.05, 0) is 19.1 Å². The van der Waals surface area contributed by atoms with Crippen molar-refractivity contribution < 1.29 is 28.7 Å². The second-order valence-electron chi connectivity index (χ2n) is 8.20. The first kappa shape index (κ1) is 23.2. The first-order valence-corrected chi connectivity index (χ1v) is 10.8. The molecule has 0 aliphatic carbocycles. The molecule has 186 valence electrons. The van der Waals surface area contributed by atoms with E-state index in [1.165, 1.54) is 35.9 Å². The summed E-state index contributed by atoms with van der Waals surface area (Å²) in [5, 5.41) is 30.0. The van der Waals surface area contributed by atoms with Crippen molar-refractivity contribution in [2.24, 2.45) is 0 Å². The smallest absolute Gasteiger partial charge is 0.260 e. The van der Waals surface area contributed by atoms with Crippen LogP contribution in [0.3, 0.4) is 0 Å². The van der Waals surface area contributed by atoms with Crippen LogP contribution in [0.1, 0.15) is 6.92 Å². The van der Waals surface area contributed by atoms with Gasteiger partial charge in [0.05, 0.1) is 37.5 Å². The summed E-state index contributed by atoms with van der Waals surface area (Å²) >= 11 is 0. The lowest BCUT2D eigenvalue weighted by atomic mass is 9.95. The number of carbonyl (C=O) groups excluding carboxylic acids is 2. The van der Waals surface area contributed by atoms with Crippen LogP contribution in [0.25, 0.3) is 16.7 Å². The number of ether oxygens (including phenoxy) is 2. The van der Waals surface area contributed by atoms with Crippen LogP contribution in [0.2, 0.25) is 0 Å². The van der Waals surface area contributed by atoms with Gasteiger partial charge in [-0.25, -0.2) is 4.68 Å². The van der Waals surface area contributed by atoms with Crippen molar-refractivity contribution in [1.29, 1.82) is 0 Å². The molecule has 0 spiro atoms. The zero-order valence-electron chi connectivity index (χ0n) is 19.3. The lowest BCUT2D eigenvalue weighted by Gasteiger charge is -2.37. The summed E-state index contributed by atoms with van der Waals surface area (Å²) in [6, 6.07) is 7.97. The topological polar surface area (TPSA) is 184 Å². The highest BCUT2D eigenvalue weighted by atomic mass is 16.5. The number of aliphatic hydroxyl groups is 1. The molecule has 1 fully saturated rings. The number of benzene rings is 1. The van der Waals surface area contributed by atoms with Gasteiger partial charge in [0.1, 0.15) is 0 Å². The largest absolute Gasteiger partial charge is 0.480 e. The van der Waals surface area contributed by atoms with Crippen molar-refractivity contribution in [3.05, 3.63) is 42.7 Å². The molecule has 2 amide bonds. The molecule has 1 aliphatic rings. The Bertz CT molecular complexity index is 1450. The zero-order valence-corrected chi connectivity index (χ0v) is 19.3. The van der Waals surface area contributed by atoms with Crippen molar-refractivity contribution in [1.82, 2.24) is 25.1 Å². The molecular formula is C22H22N8O6. The van der Waals surface area contributed by atoms with E-state index < -0.39 is 23.5 Å². The van der Waals surface area contributed by atoms with E-state index in [0.29, 0.717) is 34.0 Å². The van der Waals surface area contributed by atoms with E-state index in [0.717, 1.165) is 0 Å².